The number of carbonyl (C=O) groups is 3. The van der Waals surface area contributed by atoms with E-state index in [2.05, 4.69) is 4.98 Å². The standard InChI is InChI=1S/C22H23ClN2O4/c1-12-7-8-14-9-15(20(23)24-19(14)13(12)2)11-29-18(26)10-25-21(27)16-5-3-4-6-17(16)22(25)28/h7-9,16-17H,3-6,10-11H2,1-2H3/t16-,17-/m0/s1. The fourth-order valence-electron chi connectivity index (χ4n) is 4.33. The van der Waals surface area contributed by atoms with Crippen LogP contribution < -0.4 is 0 Å². The number of aryl methyl sites for hydroxylation is 2. The molecule has 1 saturated carbocycles. The number of likely N-dealkylation sites (tertiary alicyclic amines) is 1. The van der Waals surface area contributed by atoms with Crippen molar-refractivity contribution in [3.05, 3.63) is 40.0 Å². The average molecular weight is 415 g/mol. The van der Waals surface area contributed by atoms with E-state index in [-0.39, 0.29) is 42.0 Å². The molecular formula is C22H23ClN2O4. The van der Waals surface area contributed by atoms with E-state index in [0.29, 0.717) is 5.56 Å². The molecule has 6 nitrogen and oxygen atoms in total. The summed E-state index contributed by atoms with van der Waals surface area (Å²) in [5.74, 6) is -1.65. The van der Waals surface area contributed by atoms with Gasteiger partial charge in [-0.3, -0.25) is 19.3 Å². The molecule has 1 aliphatic heterocycles. The van der Waals surface area contributed by atoms with Crippen LogP contribution in [0.1, 0.15) is 42.4 Å². The number of amides is 2. The number of benzene rings is 1. The van der Waals surface area contributed by atoms with Gasteiger partial charge in [0.15, 0.2) is 0 Å². The Morgan fingerprint density at radius 1 is 1.17 bits per heavy atom. The van der Waals surface area contributed by atoms with Crippen LogP contribution in [0.4, 0.5) is 0 Å². The van der Waals surface area contributed by atoms with E-state index in [0.717, 1.165) is 52.6 Å². The third-order valence-corrected chi connectivity index (χ3v) is 6.47. The number of fused-ring (bicyclic) bond motifs is 2. The van der Waals surface area contributed by atoms with Gasteiger partial charge in [0, 0.05) is 10.9 Å². The number of carbonyl (C=O) groups excluding carboxylic acids is 3. The molecule has 7 heteroatoms. The first kappa shape index (κ1) is 19.8. The molecule has 2 amide bonds. The summed E-state index contributed by atoms with van der Waals surface area (Å²) in [4.78, 5) is 42.8. The number of rotatable bonds is 4. The van der Waals surface area contributed by atoms with Gasteiger partial charge in [0.05, 0.1) is 17.4 Å². The van der Waals surface area contributed by atoms with Crippen LogP contribution in [0.15, 0.2) is 18.2 Å². The molecule has 29 heavy (non-hydrogen) atoms. The lowest BCUT2D eigenvalue weighted by atomic mass is 9.81. The van der Waals surface area contributed by atoms with Crippen LogP contribution in [0, 0.1) is 25.7 Å². The molecule has 1 saturated heterocycles. The SMILES string of the molecule is Cc1ccc2cc(COC(=O)CN3C(=O)[C@H]4CCCC[C@@H]4C3=O)c(Cl)nc2c1C. The smallest absolute Gasteiger partial charge is 0.326 e. The molecule has 0 unspecified atom stereocenters. The third-order valence-electron chi connectivity index (χ3n) is 6.15. The van der Waals surface area contributed by atoms with Gasteiger partial charge < -0.3 is 4.74 Å². The molecule has 2 atom stereocenters. The van der Waals surface area contributed by atoms with Gasteiger partial charge in [-0.15, -0.1) is 0 Å². The fraction of sp³-hybridized carbons (Fsp3) is 0.455. The minimum absolute atomic E-state index is 0.0589. The molecule has 2 heterocycles. The molecule has 0 bridgehead atoms. The molecule has 0 spiro atoms. The summed E-state index contributed by atoms with van der Waals surface area (Å²) < 4.78 is 5.31. The first-order valence-electron chi connectivity index (χ1n) is 9.93. The van der Waals surface area contributed by atoms with Crippen LogP contribution in [-0.2, 0) is 25.7 Å². The normalized spacial score (nSPS) is 21.6. The van der Waals surface area contributed by atoms with Crippen molar-refractivity contribution in [2.45, 2.75) is 46.1 Å². The highest BCUT2D eigenvalue weighted by Gasteiger charge is 2.48. The van der Waals surface area contributed by atoms with Crippen molar-refractivity contribution in [3.8, 4) is 0 Å². The number of aromatic nitrogens is 1. The zero-order chi connectivity index (χ0) is 20.7. The van der Waals surface area contributed by atoms with E-state index in [1.807, 2.05) is 32.0 Å². The number of hydrogen-bond donors (Lipinski definition) is 0. The van der Waals surface area contributed by atoms with E-state index in [4.69, 9.17) is 16.3 Å². The summed E-state index contributed by atoms with van der Waals surface area (Å²) in [6, 6.07) is 5.81. The van der Waals surface area contributed by atoms with Crippen LogP contribution >= 0.6 is 11.6 Å². The highest BCUT2D eigenvalue weighted by atomic mass is 35.5. The number of halogens is 1. The zero-order valence-corrected chi connectivity index (χ0v) is 17.3. The van der Waals surface area contributed by atoms with Crippen molar-refractivity contribution in [3.63, 3.8) is 0 Å². The first-order chi connectivity index (χ1) is 13.9. The minimum atomic E-state index is -0.624. The average Bonchev–Trinajstić information content (AvgIpc) is 2.95. The van der Waals surface area contributed by atoms with Crippen molar-refractivity contribution < 1.29 is 19.1 Å². The first-order valence-corrected chi connectivity index (χ1v) is 10.3. The lowest BCUT2D eigenvalue weighted by Crippen LogP contribution is -2.36. The number of ether oxygens (including phenoxy) is 1. The van der Waals surface area contributed by atoms with Gasteiger partial charge in [-0.05, 0) is 43.9 Å². The monoisotopic (exact) mass is 414 g/mol. The molecular weight excluding hydrogens is 392 g/mol. The summed E-state index contributed by atoms with van der Waals surface area (Å²) in [5.41, 5.74) is 3.59. The molecule has 1 aliphatic carbocycles. The number of hydrogen-bond acceptors (Lipinski definition) is 5. The van der Waals surface area contributed by atoms with Crippen molar-refractivity contribution >= 4 is 40.3 Å². The molecule has 0 N–H and O–H groups in total. The maximum absolute atomic E-state index is 12.5. The van der Waals surface area contributed by atoms with Crippen LogP contribution in [-0.4, -0.2) is 34.2 Å². The minimum Gasteiger partial charge on any atom is -0.459 e. The van der Waals surface area contributed by atoms with E-state index in [9.17, 15) is 14.4 Å². The maximum Gasteiger partial charge on any atom is 0.326 e. The van der Waals surface area contributed by atoms with E-state index >= 15 is 0 Å². The Bertz CT molecular complexity index is 996. The van der Waals surface area contributed by atoms with Gasteiger partial charge in [0.25, 0.3) is 0 Å². The highest BCUT2D eigenvalue weighted by molar-refractivity contribution is 6.30. The molecule has 1 aromatic carbocycles. The zero-order valence-electron chi connectivity index (χ0n) is 16.5. The summed E-state index contributed by atoms with van der Waals surface area (Å²) in [5, 5.41) is 1.19. The van der Waals surface area contributed by atoms with Gasteiger partial charge in [0.2, 0.25) is 11.8 Å². The summed E-state index contributed by atoms with van der Waals surface area (Å²) in [7, 11) is 0. The Morgan fingerprint density at radius 2 is 1.83 bits per heavy atom. The van der Waals surface area contributed by atoms with Gasteiger partial charge in [-0.2, -0.15) is 0 Å². The molecule has 0 radical (unpaired) electrons. The summed E-state index contributed by atoms with van der Waals surface area (Å²) >= 11 is 6.29. The van der Waals surface area contributed by atoms with E-state index in [1.165, 1.54) is 0 Å². The quantitative estimate of drug-likeness (QED) is 0.433. The Balaban J connectivity index is 1.43. The molecule has 2 aromatic rings. The maximum atomic E-state index is 12.5. The van der Waals surface area contributed by atoms with Crippen LogP contribution in [0.2, 0.25) is 5.15 Å². The lowest BCUT2D eigenvalue weighted by Gasteiger charge is -2.19. The number of pyridine rings is 1. The van der Waals surface area contributed by atoms with Gasteiger partial charge in [-0.25, -0.2) is 4.98 Å². The number of imide groups is 1. The molecule has 152 valence electrons. The molecule has 1 aromatic heterocycles. The van der Waals surface area contributed by atoms with E-state index < -0.39 is 5.97 Å². The van der Waals surface area contributed by atoms with E-state index in [1.54, 1.807) is 0 Å². The molecule has 4 rings (SSSR count). The number of nitrogens with zero attached hydrogens (tertiary/aromatic N) is 2. The van der Waals surface area contributed by atoms with Gasteiger partial charge >= 0.3 is 5.97 Å². The van der Waals surface area contributed by atoms with Crippen molar-refractivity contribution in [1.82, 2.24) is 9.88 Å². The Labute approximate surface area is 174 Å². The third kappa shape index (κ3) is 3.62. The molecule has 2 fully saturated rings. The topological polar surface area (TPSA) is 76.6 Å². The Morgan fingerprint density at radius 3 is 2.48 bits per heavy atom. The second kappa shape index (κ2) is 7.75. The Kier molecular flexibility index (Phi) is 5.30. The largest absolute Gasteiger partial charge is 0.459 e. The Hall–Kier alpha value is -2.47. The second-order valence-corrected chi connectivity index (χ2v) is 8.30. The van der Waals surface area contributed by atoms with Crippen molar-refractivity contribution in [1.29, 1.82) is 0 Å². The van der Waals surface area contributed by atoms with Crippen LogP contribution in [0.5, 0.6) is 0 Å². The van der Waals surface area contributed by atoms with Crippen molar-refractivity contribution in [2.24, 2.45) is 11.8 Å². The van der Waals surface area contributed by atoms with Gasteiger partial charge in [-0.1, -0.05) is 36.6 Å². The van der Waals surface area contributed by atoms with Crippen LogP contribution in [0.3, 0.4) is 0 Å². The van der Waals surface area contributed by atoms with Crippen LogP contribution in [0.25, 0.3) is 10.9 Å². The lowest BCUT2D eigenvalue weighted by molar-refractivity contribution is -0.153. The number of esters is 1. The van der Waals surface area contributed by atoms with Gasteiger partial charge in [0.1, 0.15) is 18.3 Å². The summed E-state index contributed by atoms with van der Waals surface area (Å²) in [6.45, 7) is 3.59. The fourth-order valence-corrected chi connectivity index (χ4v) is 4.52. The predicted molar refractivity (Wildman–Crippen MR) is 108 cm³/mol. The predicted octanol–water partition coefficient (Wildman–Crippen LogP) is 3.72. The highest BCUT2D eigenvalue weighted by Crippen LogP contribution is 2.37. The summed E-state index contributed by atoms with van der Waals surface area (Å²) in [6.07, 6.45) is 3.34. The second-order valence-electron chi connectivity index (χ2n) is 7.94. The molecule has 2 aliphatic rings. The van der Waals surface area contributed by atoms with Crippen molar-refractivity contribution in [2.75, 3.05) is 6.54 Å².